The summed E-state index contributed by atoms with van der Waals surface area (Å²) in [6.07, 6.45) is -5.31. The number of nitrogens with one attached hydrogen (secondary N) is 2. The van der Waals surface area contributed by atoms with Gasteiger partial charge in [0.05, 0.1) is 11.3 Å². The van der Waals surface area contributed by atoms with Gasteiger partial charge >= 0.3 is 6.18 Å². The summed E-state index contributed by atoms with van der Waals surface area (Å²) < 4.78 is 51.9. The number of halogens is 4. The summed E-state index contributed by atoms with van der Waals surface area (Å²) in [6, 6.07) is 10.2. The van der Waals surface area contributed by atoms with Crippen molar-refractivity contribution in [2.45, 2.75) is 19.1 Å². The van der Waals surface area contributed by atoms with Crippen LogP contribution in [0.4, 0.5) is 23.2 Å². The van der Waals surface area contributed by atoms with Crippen LogP contribution in [0.1, 0.15) is 17.5 Å². The molecule has 0 bridgehead atoms. The number of amides is 2. The van der Waals surface area contributed by atoms with Crippen molar-refractivity contribution in [1.29, 1.82) is 0 Å². The van der Waals surface area contributed by atoms with Crippen LogP contribution in [0.5, 0.6) is 0 Å². The zero-order chi connectivity index (χ0) is 18.4. The van der Waals surface area contributed by atoms with E-state index in [2.05, 4.69) is 10.6 Å². The molecule has 25 heavy (non-hydrogen) atoms. The van der Waals surface area contributed by atoms with Crippen molar-refractivity contribution in [3.05, 3.63) is 65.5 Å². The van der Waals surface area contributed by atoms with Gasteiger partial charge in [-0.15, -0.1) is 0 Å². The molecule has 0 aliphatic carbocycles. The van der Waals surface area contributed by atoms with Gasteiger partial charge in [0.15, 0.2) is 0 Å². The van der Waals surface area contributed by atoms with Crippen LogP contribution in [-0.4, -0.2) is 11.8 Å². The van der Waals surface area contributed by atoms with E-state index in [1.54, 1.807) is 6.07 Å². The molecule has 0 atom stereocenters. The van der Waals surface area contributed by atoms with Crippen LogP contribution in [-0.2, 0) is 22.3 Å². The molecule has 2 amide bonds. The van der Waals surface area contributed by atoms with E-state index >= 15 is 0 Å². The summed E-state index contributed by atoms with van der Waals surface area (Å²) in [6.45, 7) is -0.127. The second-order valence-corrected chi connectivity index (χ2v) is 5.14. The van der Waals surface area contributed by atoms with Crippen LogP contribution < -0.4 is 10.6 Å². The van der Waals surface area contributed by atoms with Crippen LogP contribution in [0, 0.1) is 5.82 Å². The first-order chi connectivity index (χ1) is 11.8. The number of benzene rings is 2. The molecule has 0 saturated carbocycles. The molecule has 2 rings (SSSR count). The predicted molar refractivity (Wildman–Crippen MR) is 82.9 cm³/mol. The van der Waals surface area contributed by atoms with E-state index in [1.165, 1.54) is 30.3 Å². The van der Waals surface area contributed by atoms with Crippen LogP contribution in [0.2, 0.25) is 0 Å². The minimum absolute atomic E-state index is 0.127. The van der Waals surface area contributed by atoms with Crippen molar-refractivity contribution in [3.63, 3.8) is 0 Å². The fraction of sp³-hybridized carbons (Fsp3) is 0.176. The van der Waals surface area contributed by atoms with Crippen molar-refractivity contribution in [2.24, 2.45) is 0 Å². The number of carbonyl (C=O) groups is 2. The number of carbonyl (C=O) groups excluding carboxylic acids is 2. The lowest BCUT2D eigenvalue weighted by molar-refractivity contribution is -0.137. The average Bonchev–Trinajstić information content (AvgIpc) is 2.53. The molecule has 0 heterocycles. The zero-order valence-corrected chi connectivity index (χ0v) is 12.9. The highest BCUT2D eigenvalue weighted by Gasteiger charge is 2.33. The molecule has 132 valence electrons. The van der Waals surface area contributed by atoms with Crippen LogP contribution >= 0.6 is 0 Å². The number of hydrogen-bond donors (Lipinski definition) is 2. The Morgan fingerprint density at radius 3 is 2.24 bits per heavy atom. The lowest BCUT2D eigenvalue weighted by Gasteiger charge is -2.13. The van der Waals surface area contributed by atoms with Crippen LogP contribution in [0.3, 0.4) is 0 Å². The molecule has 8 heteroatoms. The average molecular weight is 354 g/mol. The molecular formula is C17H14F4N2O2. The minimum atomic E-state index is -4.63. The SMILES string of the molecule is O=C(CC(=O)Nc1ccccc1C(F)(F)F)NCc1ccccc1F. The van der Waals surface area contributed by atoms with Gasteiger partial charge in [-0.05, 0) is 18.2 Å². The van der Waals surface area contributed by atoms with Gasteiger partial charge in [0.2, 0.25) is 11.8 Å². The standard InChI is InChI=1S/C17H14F4N2O2/c18-13-7-3-1-5-11(13)10-22-15(24)9-16(25)23-14-8-4-2-6-12(14)17(19,20)21/h1-8H,9-10H2,(H,22,24)(H,23,25). The third-order valence-corrected chi connectivity index (χ3v) is 3.26. The lowest BCUT2D eigenvalue weighted by atomic mass is 10.1. The van der Waals surface area contributed by atoms with Crippen LogP contribution in [0.25, 0.3) is 0 Å². The fourth-order valence-electron chi connectivity index (χ4n) is 2.08. The zero-order valence-electron chi connectivity index (χ0n) is 12.9. The molecule has 2 aromatic carbocycles. The Balaban J connectivity index is 1.92. The molecule has 2 N–H and O–H groups in total. The van der Waals surface area contributed by atoms with Gasteiger partial charge in [0.1, 0.15) is 12.2 Å². The number of hydrogen-bond acceptors (Lipinski definition) is 2. The summed E-state index contributed by atoms with van der Waals surface area (Å²) in [5.74, 6) is -2.14. The van der Waals surface area contributed by atoms with Crippen molar-refractivity contribution in [2.75, 3.05) is 5.32 Å². The summed E-state index contributed by atoms with van der Waals surface area (Å²) >= 11 is 0. The molecule has 0 aromatic heterocycles. The first-order valence-electron chi connectivity index (χ1n) is 7.23. The van der Waals surface area contributed by atoms with E-state index in [1.807, 2.05) is 0 Å². The Kier molecular flexibility index (Phi) is 5.74. The molecule has 0 spiro atoms. The predicted octanol–water partition coefficient (Wildman–Crippen LogP) is 3.49. The minimum Gasteiger partial charge on any atom is -0.351 e. The van der Waals surface area contributed by atoms with Crippen molar-refractivity contribution < 1.29 is 27.2 Å². The highest BCUT2D eigenvalue weighted by molar-refractivity contribution is 6.03. The Labute approximate surface area is 140 Å². The third-order valence-electron chi connectivity index (χ3n) is 3.26. The van der Waals surface area contributed by atoms with Gasteiger partial charge in [-0.25, -0.2) is 4.39 Å². The number of rotatable bonds is 5. The molecule has 0 aliphatic heterocycles. The molecule has 0 unspecified atom stereocenters. The normalized spacial score (nSPS) is 11.0. The summed E-state index contributed by atoms with van der Waals surface area (Å²) in [5.41, 5.74) is -1.20. The summed E-state index contributed by atoms with van der Waals surface area (Å²) in [7, 11) is 0. The largest absolute Gasteiger partial charge is 0.418 e. The van der Waals surface area contributed by atoms with Gasteiger partial charge in [-0.1, -0.05) is 30.3 Å². The van der Waals surface area contributed by atoms with Crippen molar-refractivity contribution in [3.8, 4) is 0 Å². The molecule has 2 aromatic rings. The van der Waals surface area contributed by atoms with Crippen LogP contribution in [0.15, 0.2) is 48.5 Å². The van der Waals surface area contributed by atoms with Gasteiger partial charge < -0.3 is 10.6 Å². The van der Waals surface area contributed by atoms with E-state index in [0.717, 1.165) is 12.1 Å². The van der Waals surface area contributed by atoms with E-state index in [9.17, 15) is 27.2 Å². The van der Waals surface area contributed by atoms with Gasteiger partial charge in [0.25, 0.3) is 0 Å². The van der Waals surface area contributed by atoms with E-state index in [-0.39, 0.29) is 12.1 Å². The monoisotopic (exact) mass is 354 g/mol. The van der Waals surface area contributed by atoms with Gasteiger partial charge in [-0.2, -0.15) is 13.2 Å². The quantitative estimate of drug-likeness (QED) is 0.638. The maximum atomic E-state index is 13.4. The second-order valence-electron chi connectivity index (χ2n) is 5.14. The molecule has 0 radical (unpaired) electrons. The number of alkyl halides is 3. The smallest absolute Gasteiger partial charge is 0.351 e. The first kappa shape index (κ1) is 18.4. The first-order valence-corrected chi connectivity index (χ1v) is 7.23. The maximum Gasteiger partial charge on any atom is 0.418 e. The van der Waals surface area contributed by atoms with E-state index in [0.29, 0.717) is 0 Å². The Morgan fingerprint density at radius 1 is 0.920 bits per heavy atom. The number of para-hydroxylation sites is 1. The topological polar surface area (TPSA) is 58.2 Å². The van der Waals surface area contributed by atoms with E-state index in [4.69, 9.17) is 0 Å². The Bertz CT molecular complexity index is 775. The second kappa shape index (κ2) is 7.78. The summed E-state index contributed by atoms with van der Waals surface area (Å²) in [4.78, 5) is 23.5. The third kappa shape index (κ3) is 5.30. The van der Waals surface area contributed by atoms with Gasteiger partial charge in [-0.3, -0.25) is 9.59 Å². The maximum absolute atomic E-state index is 13.4. The highest BCUT2D eigenvalue weighted by Crippen LogP contribution is 2.34. The Morgan fingerprint density at radius 2 is 1.56 bits per heavy atom. The lowest BCUT2D eigenvalue weighted by Crippen LogP contribution is -2.28. The molecule has 0 aliphatic rings. The van der Waals surface area contributed by atoms with Crippen molar-refractivity contribution >= 4 is 17.5 Å². The highest BCUT2D eigenvalue weighted by atomic mass is 19.4. The molecule has 0 fully saturated rings. The Hall–Kier alpha value is -2.90. The molecule has 4 nitrogen and oxygen atoms in total. The van der Waals surface area contributed by atoms with Gasteiger partial charge in [0, 0.05) is 12.1 Å². The summed E-state index contributed by atoms with van der Waals surface area (Å²) in [5, 5.41) is 4.40. The fourth-order valence-corrected chi connectivity index (χ4v) is 2.08. The number of anilines is 1. The molecule has 0 saturated heterocycles. The molecular weight excluding hydrogens is 340 g/mol. The van der Waals surface area contributed by atoms with Crippen molar-refractivity contribution in [1.82, 2.24) is 5.32 Å². The van der Waals surface area contributed by atoms with E-state index < -0.39 is 41.5 Å².